The zero-order valence-electron chi connectivity index (χ0n) is 12.9. The van der Waals surface area contributed by atoms with Crippen molar-refractivity contribution in [1.29, 1.82) is 0 Å². The van der Waals surface area contributed by atoms with Gasteiger partial charge in [-0.05, 0) is 45.2 Å². The van der Waals surface area contributed by atoms with Crippen LogP contribution in [0.3, 0.4) is 0 Å². The van der Waals surface area contributed by atoms with E-state index in [4.69, 9.17) is 0 Å². The van der Waals surface area contributed by atoms with Crippen molar-refractivity contribution in [3.8, 4) is 0 Å². The number of nitrogens with zero attached hydrogens (tertiary/aromatic N) is 2. The Morgan fingerprint density at radius 3 is 2.35 bits per heavy atom. The number of rotatable bonds is 6. The Balaban J connectivity index is 1.80. The molecule has 4 nitrogen and oxygen atoms in total. The number of hydrogen-bond donors (Lipinski definition) is 1. The number of carbonyl (C=O) groups is 1. The maximum atomic E-state index is 11.4. The summed E-state index contributed by atoms with van der Waals surface area (Å²) in [4.78, 5) is 16.3. The van der Waals surface area contributed by atoms with Crippen LogP contribution in [-0.2, 0) is 4.79 Å². The van der Waals surface area contributed by atoms with E-state index in [2.05, 4.69) is 16.7 Å². The summed E-state index contributed by atoms with van der Waals surface area (Å²) in [6, 6.07) is 0.449. The topological polar surface area (TPSA) is 43.8 Å². The Hall–Kier alpha value is -0.610. The minimum absolute atomic E-state index is 0.253. The van der Waals surface area contributed by atoms with E-state index in [1.54, 1.807) is 0 Å². The molecule has 0 radical (unpaired) electrons. The number of likely N-dealkylation sites (tertiary alicyclic amines) is 2. The quantitative estimate of drug-likeness (QED) is 0.813. The van der Waals surface area contributed by atoms with Crippen molar-refractivity contribution < 1.29 is 9.90 Å². The lowest BCUT2D eigenvalue weighted by Crippen LogP contribution is -2.51. The highest BCUT2D eigenvalue weighted by Gasteiger charge is 2.31. The maximum Gasteiger partial charge on any atom is 0.320 e. The van der Waals surface area contributed by atoms with E-state index in [-0.39, 0.29) is 6.04 Å². The van der Waals surface area contributed by atoms with Crippen LogP contribution in [0.2, 0.25) is 0 Å². The summed E-state index contributed by atoms with van der Waals surface area (Å²) < 4.78 is 0. The monoisotopic (exact) mass is 282 g/mol. The van der Waals surface area contributed by atoms with Gasteiger partial charge in [0.2, 0.25) is 0 Å². The average Bonchev–Trinajstić information content (AvgIpc) is 2.49. The summed E-state index contributed by atoms with van der Waals surface area (Å²) >= 11 is 0. The molecule has 1 N–H and O–H groups in total. The highest BCUT2D eigenvalue weighted by molar-refractivity contribution is 5.73. The van der Waals surface area contributed by atoms with E-state index in [0.717, 1.165) is 45.2 Å². The molecule has 4 heteroatoms. The van der Waals surface area contributed by atoms with Gasteiger partial charge >= 0.3 is 5.97 Å². The number of unbranched alkanes of at least 4 members (excludes halogenated alkanes) is 1. The normalized spacial score (nSPS) is 24.6. The molecule has 2 aliphatic rings. The van der Waals surface area contributed by atoms with Gasteiger partial charge in [-0.25, -0.2) is 0 Å². The zero-order chi connectivity index (χ0) is 14.4. The number of hydrogen-bond acceptors (Lipinski definition) is 3. The molecule has 2 rings (SSSR count). The standard InChI is InChI=1S/C16H30N2O2/c1-2-3-7-15(16(19)20)18-12-8-14(9-13-18)17-10-5-4-6-11-17/h14-15H,2-13H2,1H3,(H,19,20). The molecule has 116 valence electrons. The SMILES string of the molecule is CCCCC(C(=O)O)N1CCC(N2CCCCC2)CC1. The van der Waals surface area contributed by atoms with Crippen LogP contribution in [0.25, 0.3) is 0 Å². The third-order valence-corrected chi connectivity index (χ3v) is 4.96. The van der Waals surface area contributed by atoms with E-state index in [9.17, 15) is 9.90 Å². The molecule has 2 aliphatic heterocycles. The molecule has 0 aromatic rings. The lowest BCUT2D eigenvalue weighted by Gasteiger charge is -2.41. The van der Waals surface area contributed by atoms with Crippen molar-refractivity contribution >= 4 is 5.97 Å². The van der Waals surface area contributed by atoms with Crippen LogP contribution in [0, 0.1) is 0 Å². The van der Waals surface area contributed by atoms with E-state index >= 15 is 0 Å². The number of aliphatic carboxylic acids is 1. The van der Waals surface area contributed by atoms with Gasteiger partial charge in [0.25, 0.3) is 0 Å². The van der Waals surface area contributed by atoms with Crippen LogP contribution in [-0.4, -0.2) is 59.1 Å². The summed E-state index contributed by atoms with van der Waals surface area (Å²) in [5.74, 6) is -0.630. The van der Waals surface area contributed by atoms with Gasteiger partial charge in [-0.3, -0.25) is 9.69 Å². The van der Waals surface area contributed by atoms with Crippen LogP contribution in [0.4, 0.5) is 0 Å². The van der Waals surface area contributed by atoms with E-state index in [1.807, 2.05) is 0 Å². The largest absolute Gasteiger partial charge is 0.480 e. The first-order valence-corrected chi connectivity index (χ1v) is 8.43. The fraction of sp³-hybridized carbons (Fsp3) is 0.938. The molecule has 0 amide bonds. The molecule has 0 aromatic carbocycles. The predicted octanol–water partition coefficient (Wildman–Crippen LogP) is 2.58. The van der Waals surface area contributed by atoms with Crippen molar-refractivity contribution in [1.82, 2.24) is 9.80 Å². The molecule has 2 saturated heterocycles. The molecule has 0 aromatic heterocycles. The summed E-state index contributed by atoms with van der Waals surface area (Å²) in [6.07, 6.45) is 9.26. The van der Waals surface area contributed by atoms with Crippen molar-refractivity contribution in [3.05, 3.63) is 0 Å². The van der Waals surface area contributed by atoms with Gasteiger partial charge in [0.15, 0.2) is 0 Å². The van der Waals surface area contributed by atoms with Crippen molar-refractivity contribution in [3.63, 3.8) is 0 Å². The van der Waals surface area contributed by atoms with Crippen molar-refractivity contribution in [2.75, 3.05) is 26.2 Å². The Bertz CT molecular complexity index is 295. The van der Waals surface area contributed by atoms with Gasteiger partial charge in [-0.2, -0.15) is 0 Å². The second kappa shape index (κ2) is 7.99. The lowest BCUT2D eigenvalue weighted by atomic mass is 9.97. The van der Waals surface area contributed by atoms with E-state index in [1.165, 1.54) is 32.4 Å². The number of carboxylic acids is 1. The fourth-order valence-electron chi connectivity index (χ4n) is 3.71. The summed E-state index contributed by atoms with van der Waals surface area (Å²) in [6.45, 7) is 6.55. The van der Waals surface area contributed by atoms with Gasteiger partial charge in [0, 0.05) is 19.1 Å². The summed E-state index contributed by atoms with van der Waals surface area (Å²) in [5, 5.41) is 9.41. The molecule has 20 heavy (non-hydrogen) atoms. The molecule has 2 fully saturated rings. The van der Waals surface area contributed by atoms with E-state index < -0.39 is 5.97 Å². The van der Waals surface area contributed by atoms with E-state index in [0.29, 0.717) is 6.04 Å². The first kappa shape index (κ1) is 15.8. The smallest absolute Gasteiger partial charge is 0.320 e. The molecular formula is C16H30N2O2. The van der Waals surface area contributed by atoms with Crippen molar-refractivity contribution in [2.24, 2.45) is 0 Å². The second-order valence-electron chi connectivity index (χ2n) is 6.36. The van der Waals surface area contributed by atoms with Gasteiger partial charge in [-0.1, -0.05) is 26.2 Å². The third-order valence-electron chi connectivity index (χ3n) is 4.96. The molecule has 2 heterocycles. The van der Waals surface area contributed by atoms with Gasteiger partial charge in [-0.15, -0.1) is 0 Å². The fourth-order valence-corrected chi connectivity index (χ4v) is 3.71. The Morgan fingerprint density at radius 1 is 1.15 bits per heavy atom. The van der Waals surface area contributed by atoms with Gasteiger partial charge in [0.05, 0.1) is 0 Å². The lowest BCUT2D eigenvalue weighted by molar-refractivity contribution is -0.144. The first-order chi connectivity index (χ1) is 9.72. The molecular weight excluding hydrogens is 252 g/mol. The molecule has 0 spiro atoms. The first-order valence-electron chi connectivity index (χ1n) is 8.43. The zero-order valence-corrected chi connectivity index (χ0v) is 12.9. The van der Waals surface area contributed by atoms with Crippen LogP contribution in [0.1, 0.15) is 58.3 Å². The highest BCUT2D eigenvalue weighted by Crippen LogP contribution is 2.23. The molecule has 1 unspecified atom stereocenters. The predicted molar refractivity (Wildman–Crippen MR) is 81.0 cm³/mol. The third kappa shape index (κ3) is 4.19. The summed E-state index contributed by atoms with van der Waals surface area (Å²) in [5.41, 5.74) is 0. The molecule has 0 bridgehead atoms. The number of piperidine rings is 2. The van der Waals surface area contributed by atoms with Gasteiger partial charge < -0.3 is 10.0 Å². The molecule has 1 atom stereocenters. The van der Waals surface area contributed by atoms with Crippen LogP contribution >= 0.6 is 0 Å². The Morgan fingerprint density at radius 2 is 1.80 bits per heavy atom. The summed E-state index contributed by atoms with van der Waals surface area (Å²) in [7, 11) is 0. The second-order valence-corrected chi connectivity index (χ2v) is 6.36. The minimum atomic E-state index is -0.630. The Labute approximate surface area is 123 Å². The highest BCUT2D eigenvalue weighted by atomic mass is 16.4. The molecule has 0 aliphatic carbocycles. The van der Waals surface area contributed by atoms with Gasteiger partial charge in [0.1, 0.15) is 6.04 Å². The Kier molecular flexibility index (Phi) is 6.30. The van der Waals surface area contributed by atoms with Crippen LogP contribution < -0.4 is 0 Å². The number of carboxylic acid groups (broad SMARTS) is 1. The van der Waals surface area contributed by atoms with Crippen LogP contribution in [0.5, 0.6) is 0 Å². The maximum absolute atomic E-state index is 11.4. The van der Waals surface area contributed by atoms with Crippen molar-refractivity contribution in [2.45, 2.75) is 70.4 Å². The van der Waals surface area contributed by atoms with Crippen LogP contribution in [0.15, 0.2) is 0 Å². The average molecular weight is 282 g/mol. The molecule has 0 saturated carbocycles. The minimum Gasteiger partial charge on any atom is -0.480 e.